The van der Waals surface area contributed by atoms with Gasteiger partial charge in [0.1, 0.15) is 24.7 Å². The van der Waals surface area contributed by atoms with Crippen LogP contribution in [-0.2, 0) is 56.3 Å². The number of ether oxygens (including phenoxy) is 6. The molecule has 0 amide bonds. The fourth-order valence-corrected chi connectivity index (χ4v) is 6.60. The molecule has 0 unspecified atom stereocenters. The number of carbonyl (C=O) groups excluding carboxylic acids is 2. The second kappa shape index (κ2) is 16.5. The quantitative estimate of drug-likeness (QED) is 0.199. The second-order valence-corrected chi connectivity index (χ2v) is 17.8. The number of carbonyl (C=O) groups is 2. The Balaban J connectivity index is 1.18. The minimum Gasteiger partial charge on any atom is -0.507 e. The average molecular weight is 727 g/mol. The van der Waals surface area contributed by atoms with Gasteiger partial charge in [0.05, 0.1) is 31.8 Å². The number of aryl methyl sites for hydroxylation is 4. The van der Waals surface area contributed by atoms with Gasteiger partial charge in [-0.1, -0.05) is 86.6 Å². The Morgan fingerprint density at radius 2 is 1.12 bits per heavy atom. The van der Waals surface area contributed by atoms with Gasteiger partial charge < -0.3 is 38.6 Å². The van der Waals surface area contributed by atoms with Crippen molar-refractivity contribution in [2.75, 3.05) is 39.6 Å². The molecule has 2 aromatic rings. The van der Waals surface area contributed by atoms with Crippen LogP contribution in [0.3, 0.4) is 0 Å². The van der Waals surface area contributed by atoms with E-state index in [0.717, 1.165) is 33.4 Å². The molecule has 10 heteroatoms. The predicted octanol–water partition coefficient (Wildman–Crippen LogP) is 7.57. The number of hydrogen-bond acceptors (Lipinski definition) is 10. The molecule has 0 atom stereocenters. The number of phenols is 2. The summed E-state index contributed by atoms with van der Waals surface area (Å²) < 4.78 is 36.1. The van der Waals surface area contributed by atoms with Crippen molar-refractivity contribution in [1.29, 1.82) is 0 Å². The number of phenolic OH excluding ortho intramolecular Hbond substituents is 2. The summed E-state index contributed by atoms with van der Waals surface area (Å²) in [7, 11) is 0. The maximum atomic E-state index is 12.7. The highest BCUT2D eigenvalue weighted by Gasteiger charge is 2.48. The SMILES string of the molecule is Cc1cc(CCC(=O)OCC(C)(C)C2OCC3(CO2)COC(C(C)(C)COC(=O)CCc2cc(C)c(O)c(C(C)(C)C)c2)OC3)cc(C(C)C)c1O. The Morgan fingerprint density at radius 3 is 1.52 bits per heavy atom. The zero-order valence-corrected chi connectivity index (χ0v) is 33.3. The van der Waals surface area contributed by atoms with Gasteiger partial charge >= 0.3 is 11.9 Å². The predicted molar refractivity (Wildman–Crippen MR) is 198 cm³/mol. The largest absolute Gasteiger partial charge is 0.507 e. The van der Waals surface area contributed by atoms with E-state index >= 15 is 0 Å². The smallest absolute Gasteiger partial charge is 0.306 e. The molecule has 2 saturated heterocycles. The van der Waals surface area contributed by atoms with Gasteiger partial charge in [-0.2, -0.15) is 0 Å². The van der Waals surface area contributed by atoms with E-state index in [4.69, 9.17) is 28.4 Å². The number of aromatic hydroxyl groups is 2. The van der Waals surface area contributed by atoms with Crippen molar-refractivity contribution in [2.45, 2.75) is 126 Å². The zero-order chi connectivity index (χ0) is 38.6. The Kier molecular flexibility index (Phi) is 13.2. The standard InChI is InChI=1S/C42H62O10/c1-26(2)31-18-29(16-27(3)35(31)45)12-14-33(43)47-20-40(8,9)37-49-22-42(23-50-37)24-51-38(52-25-42)41(10,11)21-48-34(44)15-13-30-17-28(4)36(46)32(19-30)39(5,6)7/h16-19,26,37-38,45-46H,12-15,20-25H2,1-11H3. The van der Waals surface area contributed by atoms with E-state index in [2.05, 4.69) is 20.8 Å². The number of esters is 2. The van der Waals surface area contributed by atoms with Crippen molar-refractivity contribution in [3.8, 4) is 11.5 Å². The number of hydrogen-bond donors (Lipinski definition) is 2. The van der Waals surface area contributed by atoms with Crippen LogP contribution in [0.5, 0.6) is 11.5 Å². The third-order valence-corrected chi connectivity index (χ3v) is 10.1. The normalized spacial score (nSPS) is 21.4. The van der Waals surface area contributed by atoms with Gasteiger partial charge in [-0.3, -0.25) is 9.59 Å². The average Bonchev–Trinajstić information content (AvgIpc) is 3.07. The summed E-state index contributed by atoms with van der Waals surface area (Å²) in [5.74, 6) is 0.198. The van der Waals surface area contributed by atoms with E-state index < -0.39 is 28.8 Å². The van der Waals surface area contributed by atoms with E-state index in [1.165, 1.54) is 0 Å². The van der Waals surface area contributed by atoms with Crippen LogP contribution in [-0.4, -0.2) is 74.4 Å². The van der Waals surface area contributed by atoms with E-state index in [0.29, 0.717) is 50.8 Å². The van der Waals surface area contributed by atoms with Crippen molar-refractivity contribution in [2.24, 2.45) is 16.2 Å². The fourth-order valence-electron chi connectivity index (χ4n) is 6.60. The highest BCUT2D eigenvalue weighted by Crippen LogP contribution is 2.39. The lowest BCUT2D eigenvalue weighted by molar-refractivity contribution is -0.337. The van der Waals surface area contributed by atoms with Crippen LogP contribution in [0.25, 0.3) is 0 Å². The van der Waals surface area contributed by atoms with Gasteiger partial charge in [-0.15, -0.1) is 0 Å². The number of rotatable bonds is 13. The monoisotopic (exact) mass is 726 g/mol. The van der Waals surface area contributed by atoms with Crippen molar-refractivity contribution in [1.82, 2.24) is 0 Å². The maximum absolute atomic E-state index is 12.7. The molecule has 2 fully saturated rings. The van der Waals surface area contributed by atoms with Gasteiger partial charge in [0, 0.05) is 23.7 Å². The van der Waals surface area contributed by atoms with Gasteiger partial charge in [0.15, 0.2) is 12.6 Å². The summed E-state index contributed by atoms with van der Waals surface area (Å²) in [6.45, 7) is 23.5. The first-order valence-electron chi connectivity index (χ1n) is 18.6. The highest BCUT2D eigenvalue weighted by atomic mass is 16.7. The molecule has 52 heavy (non-hydrogen) atoms. The first kappa shape index (κ1) is 41.6. The third kappa shape index (κ3) is 10.5. The Hall–Kier alpha value is -3.18. The molecular weight excluding hydrogens is 664 g/mol. The van der Waals surface area contributed by atoms with Crippen molar-refractivity contribution in [3.05, 3.63) is 57.6 Å². The van der Waals surface area contributed by atoms with Crippen LogP contribution in [0.2, 0.25) is 0 Å². The van der Waals surface area contributed by atoms with Gasteiger partial charge in [-0.25, -0.2) is 0 Å². The molecule has 290 valence electrons. The van der Waals surface area contributed by atoms with Crippen molar-refractivity contribution >= 4 is 11.9 Å². The first-order valence-corrected chi connectivity index (χ1v) is 18.6. The highest BCUT2D eigenvalue weighted by molar-refractivity contribution is 5.70. The van der Waals surface area contributed by atoms with Gasteiger partial charge in [0.2, 0.25) is 0 Å². The molecule has 0 saturated carbocycles. The summed E-state index contributed by atoms with van der Waals surface area (Å²) >= 11 is 0. The molecule has 0 aromatic heterocycles. The molecule has 0 aliphatic carbocycles. The zero-order valence-electron chi connectivity index (χ0n) is 33.3. The van der Waals surface area contributed by atoms with Crippen LogP contribution in [0, 0.1) is 30.1 Å². The topological polar surface area (TPSA) is 130 Å². The molecule has 2 aromatic carbocycles. The lowest BCUT2D eigenvalue weighted by atomic mass is 9.83. The first-order chi connectivity index (χ1) is 24.1. The number of benzene rings is 2. The van der Waals surface area contributed by atoms with Crippen LogP contribution >= 0.6 is 0 Å². The van der Waals surface area contributed by atoms with E-state index in [1.807, 2.05) is 79.7 Å². The van der Waals surface area contributed by atoms with E-state index in [9.17, 15) is 19.8 Å². The van der Waals surface area contributed by atoms with Crippen LogP contribution < -0.4 is 0 Å². The Bertz CT molecular complexity index is 1550. The van der Waals surface area contributed by atoms with Crippen LogP contribution in [0.4, 0.5) is 0 Å². The van der Waals surface area contributed by atoms with E-state index in [1.54, 1.807) is 0 Å². The molecule has 0 radical (unpaired) electrons. The lowest BCUT2D eigenvalue weighted by Crippen LogP contribution is -2.57. The molecule has 2 aliphatic rings. The molecule has 4 rings (SSSR count). The van der Waals surface area contributed by atoms with Gasteiger partial charge in [-0.05, 0) is 71.4 Å². The molecule has 0 bridgehead atoms. The van der Waals surface area contributed by atoms with Crippen LogP contribution in [0.1, 0.15) is 114 Å². The van der Waals surface area contributed by atoms with E-state index in [-0.39, 0.29) is 49.3 Å². The summed E-state index contributed by atoms with van der Waals surface area (Å²) in [6.07, 6.45) is 0.357. The Morgan fingerprint density at radius 1 is 0.712 bits per heavy atom. The van der Waals surface area contributed by atoms with Crippen molar-refractivity contribution in [3.63, 3.8) is 0 Å². The molecular formula is C42H62O10. The minimum absolute atomic E-state index is 0.140. The molecule has 10 nitrogen and oxygen atoms in total. The maximum Gasteiger partial charge on any atom is 0.306 e. The Labute approximate surface area is 310 Å². The van der Waals surface area contributed by atoms with Crippen LogP contribution in [0.15, 0.2) is 24.3 Å². The molecule has 2 aliphatic heterocycles. The fraction of sp³-hybridized carbons (Fsp3) is 0.667. The van der Waals surface area contributed by atoms with Crippen molar-refractivity contribution < 1.29 is 48.2 Å². The molecule has 2 N–H and O–H groups in total. The molecule has 1 spiro atoms. The summed E-state index contributed by atoms with van der Waals surface area (Å²) in [5.41, 5.74) is 3.46. The molecule has 2 heterocycles. The summed E-state index contributed by atoms with van der Waals surface area (Å²) in [4.78, 5) is 25.4. The summed E-state index contributed by atoms with van der Waals surface area (Å²) in [5, 5.41) is 20.9. The minimum atomic E-state index is -0.589. The third-order valence-electron chi connectivity index (χ3n) is 10.1. The second-order valence-electron chi connectivity index (χ2n) is 17.8. The lowest BCUT2D eigenvalue weighted by Gasteiger charge is -2.48. The van der Waals surface area contributed by atoms with Gasteiger partial charge in [0.25, 0.3) is 0 Å². The summed E-state index contributed by atoms with van der Waals surface area (Å²) in [6, 6.07) is 7.77.